The maximum Gasteiger partial charge on any atom is 0.335 e. The summed E-state index contributed by atoms with van der Waals surface area (Å²) in [6.07, 6.45) is 3.43. The third-order valence-corrected chi connectivity index (χ3v) is 2.18. The lowest BCUT2D eigenvalue weighted by atomic mass is 10.2. The number of hydrogen-bond acceptors (Lipinski definition) is 4. The van der Waals surface area contributed by atoms with Gasteiger partial charge in [0, 0.05) is 18.9 Å². The number of aryl methyl sites for hydroxylation is 2. The van der Waals surface area contributed by atoms with Crippen LogP contribution < -0.4 is 5.32 Å². The number of rotatable bonds is 3. The van der Waals surface area contributed by atoms with E-state index in [-0.39, 0.29) is 5.56 Å². The van der Waals surface area contributed by atoms with Gasteiger partial charge in [-0.1, -0.05) is 0 Å². The minimum Gasteiger partial charge on any atom is -0.478 e. The van der Waals surface area contributed by atoms with E-state index < -0.39 is 5.97 Å². The Hall–Kier alpha value is -2.37. The van der Waals surface area contributed by atoms with E-state index in [9.17, 15) is 4.79 Å². The van der Waals surface area contributed by atoms with E-state index in [0.29, 0.717) is 11.5 Å². The molecule has 0 spiro atoms. The van der Waals surface area contributed by atoms with Crippen LogP contribution in [0, 0.1) is 6.92 Å². The van der Waals surface area contributed by atoms with E-state index in [2.05, 4.69) is 15.4 Å². The van der Waals surface area contributed by atoms with Crippen molar-refractivity contribution in [3.63, 3.8) is 0 Å². The number of aromatic nitrogens is 3. The molecule has 0 amide bonds. The molecule has 2 rings (SSSR count). The molecule has 88 valence electrons. The summed E-state index contributed by atoms with van der Waals surface area (Å²) in [7, 11) is 1.80. The third kappa shape index (κ3) is 2.60. The van der Waals surface area contributed by atoms with Gasteiger partial charge in [0.2, 0.25) is 0 Å². The van der Waals surface area contributed by atoms with Crippen molar-refractivity contribution in [3.8, 4) is 0 Å². The van der Waals surface area contributed by atoms with Gasteiger partial charge in [-0.15, -0.1) is 0 Å². The summed E-state index contributed by atoms with van der Waals surface area (Å²) >= 11 is 0. The number of hydrogen-bond donors (Lipinski definition) is 2. The van der Waals surface area contributed by atoms with Crippen molar-refractivity contribution in [2.45, 2.75) is 6.92 Å². The van der Waals surface area contributed by atoms with Crippen LogP contribution in [-0.4, -0.2) is 25.8 Å². The van der Waals surface area contributed by atoms with Crippen molar-refractivity contribution in [1.82, 2.24) is 14.8 Å². The highest BCUT2D eigenvalue weighted by Gasteiger charge is 2.07. The summed E-state index contributed by atoms with van der Waals surface area (Å²) in [5.74, 6) is -0.472. The van der Waals surface area contributed by atoms with Gasteiger partial charge in [-0.05, 0) is 19.1 Å². The van der Waals surface area contributed by atoms with Gasteiger partial charge < -0.3 is 10.4 Å². The highest BCUT2D eigenvalue weighted by molar-refractivity contribution is 5.88. The molecule has 0 aliphatic carbocycles. The largest absolute Gasteiger partial charge is 0.478 e. The molecule has 0 saturated carbocycles. The summed E-state index contributed by atoms with van der Waals surface area (Å²) in [6, 6.07) is 3.01. The average Bonchev–Trinajstić information content (AvgIpc) is 2.63. The van der Waals surface area contributed by atoms with Crippen LogP contribution >= 0.6 is 0 Å². The zero-order chi connectivity index (χ0) is 12.4. The number of carboxylic acids is 1. The lowest BCUT2D eigenvalue weighted by Gasteiger charge is -2.05. The number of carbonyl (C=O) groups is 1. The molecule has 6 nitrogen and oxygen atoms in total. The molecule has 0 bridgehead atoms. The molecule has 2 aromatic heterocycles. The molecule has 2 aromatic rings. The molecular weight excluding hydrogens is 220 g/mol. The Labute approximate surface area is 97.9 Å². The SMILES string of the molecule is Cc1cc(C(=O)O)cc(Nc2cnn(C)c2)n1. The Balaban J connectivity index is 2.29. The van der Waals surface area contributed by atoms with Crippen molar-refractivity contribution in [1.29, 1.82) is 0 Å². The third-order valence-electron chi connectivity index (χ3n) is 2.18. The first-order valence-electron chi connectivity index (χ1n) is 5.02. The number of carboxylic acid groups (broad SMARTS) is 1. The van der Waals surface area contributed by atoms with Gasteiger partial charge in [0.15, 0.2) is 0 Å². The first-order valence-corrected chi connectivity index (χ1v) is 5.02. The van der Waals surface area contributed by atoms with Crippen molar-refractivity contribution < 1.29 is 9.90 Å². The summed E-state index contributed by atoms with van der Waals surface area (Å²) in [4.78, 5) is 15.1. The molecule has 2 N–H and O–H groups in total. The van der Waals surface area contributed by atoms with Crippen molar-refractivity contribution in [2.24, 2.45) is 7.05 Å². The second-order valence-electron chi connectivity index (χ2n) is 3.72. The molecule has 0 saturated heterocycles. The first kappa shape index (κ1) is 11.1. The highest BCUT2D eigenvalue weighted by atomic mass is 16.4. The fourth-order valence-electron chi connectivity index (χ4n) is 1.49. The van der Waals surface area contributed by atoms with Crippen LogP contribution in [0.4, 0.5) is 11.5 Å². The molecule has 0 aliphatic rings. The first-order chi connectivity index (χ1) is 8.04. The molecule has 0 atom stereocenters. The quantitative estimate of drug-likeness (QED) is 0.839. The fraction of sp³-hybridized carbons (Fsp3) is 0.182. The molecule has 2 heterocycles. The monoisotopic (exact) mass is 232 g/mol. The van der Waals surface area contributed by atoms with Crippen molar-refractivity contribution in [3.05, 3.63) is 35.8 Å². The number of nitrogens with one attached hydrogen (secondary N) is 1. The molecule has 17 heavy (non-hydrogen) atoms. The number of aromatic carboxylic acids is 1. The van der Waals surface area contributed by atoms with Crippen molar-refractivity contribution >= 4 is 17.5 Å². The van der Waals surface area contributed by atoms with Gasteiger partial charge in [0.05, 0.1) is 17.4 Å². The van der Waals surface area contributed by atoms with Crippen LogP contribution in [0.25, 0.3) is 0 Å². The van der Waals surface area contributed by atoms with E-state index in [0.717, 1.165) is 5.69 Å². The number of pyridine rings is 1. The van der Waals surface area contributed by atoms with E-state index in [1.54, 1.807) is 31.0 Å². The van der Waals surface area contributed by atoms with Gasteiger partial charge in [0.1, 0.15) is 5.82 Å². The summed E-state index contributed by atoms with van der Waals surface area (Å²) < 4.78 is 1.65. The minimum atomic E-state index is -0.968. The maximum atomic E-state index is 10.9. The Morgan fingerprint density at radius 3 is 2.82 bits per heavy atom. The molecule has 0 radical (unpaired) electrons. The lowest BCUT2D eigenvalue weighted by Crippen LogP contribution is -2.01. The van der Waals surface area contributed by atoms with Crippen LogP contribution in [0.15, 0.2) is 24.5 Å². The predicted octanol–water partition coefficient (Wildman–Crippen LogP) is 1.57. The minimum absolute atomic E-state index is 0.212. The Morgan fingerprint density at radius 2 is 2.24 bits per heavy atom. The maximum absolute atomic E-state index is 10.9. The van der Waals surface area contributed by atoms with Crippen LogP contribution in [0.2, 0.25) is 0 Å². The van der Waals surface area contributed by atoms with Gasteiger partial charge in [-0.25, -0.2) is 9.78 Å². The van der Waals surface area contributed by atoms with Crippen LogP contribution in [-0.2, 0) is 7.05 Å². The highest BCUT2D eigenvalue weighted by Crippen LogP contribution is 2.15. The molecular formula is C11H12N4O2. The topological polar surface area (TPSA) is 80.0 Å². The molecule has 0 fully saturated rings. The second kappa shape index (κ2) is 4.25. The van der Waals surface area contributed by atoms with Gasteiger partial charge in [0.25, 0.3) is 0 Å². The standard InChI is InChI=1S/C11H12N4O2/c1-7-3-8(11(16)17)4-10(13-7)14-9-5-12-15(2)6-9/h3-6H,1-2H3,(H,13,14)(H,16,17). The zero-order valence-corrected chi connectivity index (χ0v) is 9.51. The normalized spacial score (nSPS) is 10.2. The average molecular weight is 232 g/mol. The molecule has 6 heteroatoms. The van der Waals surface area contributed by atoms with E-state index in [4.69, 9.17) is 5.11 Å². The smallest absolute Gasteiger partial charge is 0.335 e. The number of nitrogens with zero attached hydrogens (tertiary/aromatic N) is 3. The van der Waals surface area contributed by atoms with Crippen LogP contribution in [0.5, 0.6) is 0 Å². The van der Waals surface area contributed by atoms with Gasteiger partial charge in [-0.2, -0.15) is 5.10 Å². The van der Waals surface area contributed by atoms with Gasteiger partial charge in [-0.3, -0.25) is 4.68 Å². The van der Waals surface area contributed by atoms with Gasteiger partial charge >= 0.3 is 5.97 Å². The van der Waals surface area contributed by atoms with Crippen LogP contribution in [0.1, 0.15) is 16.1 Å². The molecule has 0 unspecified atom stereocenters. The summed E-state index contributed by atoms with van der Waals surface area (Å²) in [5.41, 5.74) is 1.63. The number of anilines is 2. The molecule has 0 aliphatic heterocycles. The Kier molecular flexibility index (Phi) is 2.78. The lowest BCUT2D eigenvalue weighted by molar-refractivity contribution is 0.0696. The van der Waals surface area contributed by atoms with E-state index in [1.165, 1.54) is 12.1 Å². The van der Waals surface area contributed by atoms with E-state index in [1.807, 2.05) is 0 Å². The fourth-order valence-corrected chi connectivity index (χ4v) is 1.49. The van der Waals surface area contributed by atoms with E-state index >= 15 is 0 Å². The van der Waals surface area contributed by atoms with Crippen molar-refractivity contribution in [2.75, 3.05) is 5.32 Å². The molecule has 0 aromatic carbocycles. The predicted molar refractivity (Wildman–Crippen MR) is 62.4 cm³/mol. The second-order valence-corrected chi connectivity index (χ2v) is 3.72. The Morgan fingerprint density at radius 1 is 1.47 bits per heavy atom. The summed E-state index contributed by atoms with van der Waals surface area (Å²) in [6.45, 7) is 1.75. The Bertz CT molecular complexity index is 562. The zero-order valence-electron chi connectivity index (χ0n) is 9.51. The van der Waals surface area contributed by atoms with Crippen LogP contribution in [0.3, 0.4) is 0 Å². The summed E-state index contributed by atoms with van der Waals surface area (Å²) in [5, 5.41) is 15.9.